The van der Waals surface area contributed by atoms with Gasteiger partial charge in [0.2, 0.25) is 10.0 Å². The number of amidine groups is 1. The molecule has 1 aliphatic rings. The molecule has 0 saturated heterocycles. The van der Waals surface area contributed by atoms with E-state index in [4.69, 9.17) is 15.6 Å². The standard InChI is InChI=1S/C22H21N5O3S.3ClH/c1-31(28,29)27(15-20-14-17-13-16(22(23)24)3-8-21(17)30-20)19-6-4-18(5-7-19)26-11-2-9-25-10-12-26;;;/h2-14H,15H2,1H3,(H3,23,24);3*1H. The maximum absolute atomic E-state index is 12.5. The van der Waals surface area contributed by atoms with Crippen molar-refractivity contribution >= 4 is 81.6 Å². The number of allylic oxidation sites excluding steroid dienone is 1. The molecule has 12 heteroatoms. The van der Waals surface area contributed by atoms with E-state index in [2.05, 4.69) is 4.99 Å². The second-order valence-corrected chi connectivity index (χ2v) is 8.92. The molecule has 0 spiro atoms. The van der Waals surface area contributed by atoms with Crippen molar-refractivity contribution < 1.29 is 12.8 Å². The first-order valence-electron chi connectivity index (χ1n) is 9.41. The molecule has 3 aromatic rings. The van der Waals surface area contributed by atoms with Crippen molar-refractivity contribution in [2.45, 2.75) is 6.54 Å². The molecule has 0 bridgehead atoms. The molecule has 182 valence electrons. The largest absolute Gasteiger partial charge is 0.459 e. The van der Waals surface area contributed by atoms with Crippen molar-refractivity contribution in [1.29, 1.82) is 5.41 Å². The number of rotatable bonds is 6. The lowest BCUT2D eigenvalue weighted by Crippen LogP contribution is -2.29. The van der Waals surface area contributed by atoms with Crippen molar-refractivity contribution in [3.63, 3.8) is 0 Å². The highest BCUT2D eigenvalue weighted by atomic mass is 35.5. The molecule has 8 nitrogen and oxygen atoms in total. The second kappa shape index (κ2) is 11.9. The molecule has 4 rings (SSSR count). The maximum atomic E-state index is 12.5. The zero-order valence-corrected chi connectivity index (χ0v) is 21.3. The Balaban J connectivity index is 0.00000193. The summed E-state index contributed by atoms with van der Waals surface area (Å²) in [6.45, 7) is 0.0413. The number of furan rings is 1. The number of nitrogens with zero attached hydrogens (tertiary/aromatic N) is 3. The number of fused-ring (bicyclic) bond motifs is 1. The molecular formula is C22H24Cl3N5O3S. The smallest absolute Gasteiger partial charge is 0.232 e. The Kier molecular flexibility index (Phi) is 10.2. The molecular weight excluding hydrogens is 521 g/mol. The quantitative estimate of drug-likeness (QED) is 0.341. The molecule has 1 aliphatic heterocycles. The normalized spacial score (nSPS) is 12.3. The minimum atomic E-state index is -3.56. The molecule has 0 saturated carbocycles. The van der Waals surface area contributed by atoms with Gasteiger partial charge in [0.05, 0.1) is 18.5 Å². The minimum absolute atomic E-state index is 0. The number of nitrogen functional groups attached to an aromatic ring is 1. The Morgan fingerprint density at radius 1 is 1.09 bits per heavy atom. The molecule has 2 aromatic carbocycles. The van der Waals surface area contributed by atoms with Crippen LogP contribution >= 0.6 is 37.2 Å². The monoisotopic (exact) mass is 543 g/mol. The van der Waals surface area contributed by atoms with Crippen LogP contribution in [0.5, 0.6) is 0 Å². The number of nitrogens with one attached hydrogen (secondary N) is 1. The van der Waals surface area contributed by atoms with Crippen LogP contribution in [-0.4, -0.2) is 26.7 Å². The van der Waals surface area contributed by atoms with E-state index in [9.17, 15) is 8.42 Å². The van der Waals surface area contributed by atoms with Crippen LogP contribution < -0.4 is 14.9 Å². The lowest BCUT2D eigenvalue weighted by atomic mass is 10.1. The SMILES string of the molecule is CS(=O)(=O)N(Cc1cc2cc(C(=N)N)ccc2o1)c1ccc(N2C=CC=NC=C2)cc1.Cl.Cl.Cl. The zero-order valence-electron chi connectivity index (χ0n) is 18.0. The van der Waals surface area contributed by atoms with Gasteiger partial charge >= 0.3 is 0 Å². The van der Waals surface area contributed by atoms with Crippen LogP contribution in [0, 0.1) is 5.41 Å². The number of aliphatic imine (C=N–C) groups is 1. The topological polar surface area (TPSA) is 116 Å². The fraction of sp³-hybridized carbons (Fsp3) is 0.0909. The van der Waals surface area contributed by atoms with Crippen LogP contribution in [0.15, 0.2) is 82.6 Å². The van der Waals surface area contributed by atoms with Gasteiger partial charge < -0.3 is 15.1 Å². The lowest BCUT2D eigenvalue weighted by molar-refractivity contribution is 0.544. The highest BCUT2D eigenvalue weighted by Gasteiger charge is 2.20. The highest BCUT2D eigenvalue weighted by Crippen LogP contribution is 2.27. The number of hydrogen-bond acceptors (Lipinski definition) is 6. The minimum Gasteiger partial charge on any atom is -0.459 e. The average Bonchev–Trinajstić information content (AvgIpc) is 2.94. The number of benzene rings is 2. The first kappa shape index (κ1) is 29.1. The van der Waals surface area contributed by atoms with E-state index in [1.165, 1.54) is 4.31 Å². The number of sulfonamides is 1. The zero-order chi connectivity index (χ0) is 22.0. The summed E-state index contributed by atoms with van der Waals surface area (Å²) in [5, 5.41) is 8.33. The van der Waals surface area contributed by atoms with Crippen molar-refractivity contribution in [2.75, 3.05) is 15.5 Å². The van der Waals surface area contributed by atoms with Gasteiger partial charge in [-0.05, 0) is 54.6 Å². The predicted octanol–water partition coefficient (Wildman–Crippen LogP) is 4.82. The van der Waals surface area contributed by atoms with Crippen LogP contribution in [0.2, 0.25) is 0 Å². The van der Waals surface area contributed by atoms with E-state index in [0.717, 1.165) is 17.3 Å². The number of nitrogens with two attached hydrogens (primary N) is 1. The van der Waals surface area contributed by atoms with Gasteiger partial charge in [-0.15, -0.1) is 37.2 Å². The summed E-state index contributed by atoms with van der Waals surface area (Å²) in [7, 11) is -3.56. The summed E-state index contributed by atoms with van der Waals surface area (Å²) in [5.74, 6) is 0.448. The molecule has 1 aromatic heterocycles. The molecule has 2 heterocycles. The third kappa shape index (κ3) is 6.54. The van der Waals surface area contributed by atoms with Crippen LogP contribution in [-0.2, 0) is 16.6 Å². The van der Waals surface area contributed by atoms with E-state index < -0.39 is 10.0 Å². The van der Waals surface area contributed by atoms with Gasteiger partial charge in [0.25, 0.3) is 0 Å². The molecule has 3 N–H and O–H groups in total. The Hall–Kier alpha value is -2.98. The molecule has 0 atom stereocenters. The lowest BCUT2D eigenvalue weighted by Gasteiger charge is -2.22. The van der Waals surface area contributed by atoms with Gasteiger partial charge in [-0.2, -0.15) is 0 Å². The summed E-state index contributed by atoms with van der Waals surface area (Å²) in [6, 6.07) is 14.1. The fourth-order valence-corrected chi connectivity index (χ4v) is 4.11. The fourth-order valence-electron chi connectivity index (χ4n) is 3.24. The Labute approximate surface area is 216 Å². The molecule has 0 aliphatic carbocycles. The summed E-state index contributed by atoms with van der Waals surface area (Å²) in [5.41, 5.74) is 8.12. The van der Waals surface area contributed by atoms with E-state index >= 15 is 0 Å². The summed E-state index contributed by atoms with van der Waals surface area (Å²) in [6.07, 6.45) is 10.0. The molecule has 34 heavy (non-hydrogen) atoms. The van der Waals surface area contributed by atoms with Gasteiger partial charge in [0.1, 0.15) is 17.2 Å². The Morgan fingerprint density at radius 2 is 1.79 bits per heavy atom. The summed E-state index contributed by atoms with van der Waals surface area (Å²) in [4.78, 5) is 5.94. The third-order valence-corrected chi connectivity index (χ3v) is 5.89. The second-order valence-electron chi connectivity index (χ2n) is 7.01. The summed E-state index contributed by atoms with van der Waals surface area (Å²) < 4.78 is 32.1. The van der Waals surface area contributed by atoms with E-state index in [0.29, 0.717) is 22.6 Å². The van der Waals surface area contributed by atoms with Crippen molar-refractivity contribution in [1.82, 2.24) is 0 Å². The Morgan fingerprint density at radius 3 is 2.44 bits per heavy atom. The van der Waals surface area contributed by atoms with Gasteiger partial charge in [0.15, 0.2) is 0 Å². The van der Waals surface area contributed by atoms with Gasteiger partial charge in [-0.1, -0.05) is 0 Å². The number of anilines is 2. The van der Waals surface area contributed by atoms with Crippen LogP contribution in [0.3, 0.4) is 0 Å². The average molecular weight is 545 g/mol. The van der Waals surface area contributed by atoms with Crippen molar-refractivity contribution in [3.05, 3.63) is 84.5 Å². The van der Waals surface area contributed by atoms with Gasteiger partial charge in [0, 0.05) is 41.5 Å². The van der Waals surface area contributed by atoms with E-state index in [-0.39, 0.29) is 49.6 Å². The predicted molar refractivity (Wildman–Crippen MR) is 146 cm³/mol. The maximum Gasteiger partial charge on any atom is 0.232 e. The molecule has 0 radical (unpaired) electrons. The number of hydrogen-bond donors (Lipinski definition) is 2. The van der Waals surface area contributed by atoms with E-state index in [1.807, 2.05) is 35.5 Å². The van der Waals surface area contributed by atoms with Gasteiger partial charge in [-0.25, -0.2) is 8.42 Å². The molecule has 0 amide bonds. The molecule has 0 unspecified atom stereocenters. The van der Waals surface area contributed by atoms with Crippen LogP contribution in [0.4, 0.5) is 11.4 Å². The number of halogens is 3. The van der Waals surface area contributed by atoms with Gasteiger partial charge in [-0.3, -0.25) is 14.7 Å². The third-order valence-electron chi connectivity index (χ3n) is 4.75. The highest BCUT2D eigenvalue weighted by molar-refractivity contribution is 7.92. The first-order valence-corrected chi connectivity index (χ1v) is 11.3. The molecule has 0 fully saturated rings. The van der Waals surface area contributed by atoms with Crippen molar-refractivity contribution in [3.8, 4) is 0 Å². The first-order chi connectivity index (χ1) is 14.8. The summed E-state index contributed by atoms with van der Waals surface area (Å²) >= 11 is 0. The van der Waals surface area contributed by atoms with Crippen molar-refractivity contribution in [2.24, 2.45) is 10.7 Å². The van der Waals surface area contributed by atoms with Crippen LogP contribution in [0.1, 0.15) is 11.3 Å². The Bertz CT molecular complexity index is 1320. The van der Waals surface area contributed by atoms with E-state index in [1.54, 1.807) is 48.8 Å². The van der Waals surface area contributed by atoms with Crippen LogP contribution in [0.25, 0.3) is 11.0 Å².